The van der Waals surface area contributed by atoms with Gasteiger partial charge in [-0.3, -0.25) is 9.59 Å². The van der Waals surface area contributed by atoms with Crippen LogP contribution in [0, 0.1) is 11.3 Å². The summed E-state index contributed by atoms with van der Waals surface area (Å²) >= 11 is 0. The molecule has 22 heavy (non-hydrogen) atoms. The molecule has 0 fully saturated rings. The van der Waals surface area contributed by atoms with Crippen molar-refractivity contribution in [3.05, 3.63) is 41.6 Å². The van der Waals surface area contributed by atoms with Crippen molar-refractivity contribution >= 4 is 17.6 Å². The molecular weight excluding hydrogens is 286 g/mol. The van der Waals surface area contributed by atoms with Crippen LogP contribution in [-0.4, -0.2) is 37.2 Å². The van der Waals surface area contributed by atoms with Gasteiger partial charge < -0.3 is 20.5 Å². The zero-order valence-electron chi connectivity index (χ0n) is 12.1. The number of carboxylic acids is 1. The van der Waals surface area contributed by atoms with Crippen LogP contribution in [-0.2, 0) is 20.7 Å². The van der Waals surface area contributed by atoms with Gasteiger partial charge in [0.2, 0.25) is 0 Å². The van der Waals surface area contributed by atoms with Crippen LogP contribution >= 0.6 is 0 Å². The zero-order chi connectivity index (χ0) is 16.4. The van der Waals surface area contributed by atoms with Crippen molar-refractivity contribution in [3.63, 3.8) is 0 Å². The maximum absolute atomic E-state index is 11.7. The second kappa shape index (κ2) is 9.15. The van der Waals surface area contributed by atoms with Crippen LogP contribution in [0.2, 0.25) is 0 Å². The molecule has 116 valence electrons. The van der Waals surface area contributed by atoms with Crippen LogP contribution in [0.5, 0.6) is 0 Å². The fourth-order valence-corrected chi connectivity index (χ4v) is 1.56. The average molecular weight is 303 g/mol. The Bertz CT molecular complexity index is 588. The van der Waals surface area contributed by atoms with Gasteiger partial charge >= 0.3 is 5.97 Å². The minimum Gasteiger partial charge on any atom is -0.481 e. The molecule has 0 aromatic heterocycles. The molecule has 0 spiro atoms. The number of hydrogen-bond donors (Lipinski definition) is 3. The van der Waals surface area contributed by atoms with Gasteiger partial charge in [0.25, 0.3) is 5.91 Å². The number of hydrogen-bond acceptors (Lipinski definition) is 5. The summed E-state index contributed by atoms with van der Waals surface area (Å²) in [6, 6.07) is 8.47. The topological polar surface area (TPSA) is 111 Å². The number of nitrogens with zero attached hydrogens (tertiary/aromatic N) is 1. The fourth-order valence-electron chi connectivity index (χ4n) is 1.56. The SMILES string of the molecule is COCCNC(=O)/C(C#N)=C\Nc1ccc(CC(=O)O)cc1. The van der Waals surface area contributed by atoms with E-state index >= 15 is 0 Å². The molecule has 0 radical (unpaired) electrons. The third-order valence-electron chi connectivity index (χ3n) is 2.65. The van der Waals surface area contributed by atoms with Gasteiger partial charge in [-0.2, -0.15) is 5.26 Å². The fraction of sp³-hybridized carbons (Fsp3) is 0.267. The van der Waals surface area contributed by atoms with Gasteiger partial charge in [0, 0.05) is 25.5 Å². The average Bonchev–Trinajstić information content (AvgIpc) is 2.49. The highest BCUT2D eigenvalue weighted by Crippen LogP contribution is 2.10. The maximum Gasteiger partial charge on any atom is 0.307 e. The van der Waals surface area contributed by atoms with Gasteiger partial charge in [0.15, 0.2) is 0 Å². The van der Waals surface area contributed by atoms with Gasteiger partial charge in [-0.1, -0.05) is 12.1 Å². The first kappa shape index (κ1) is 17.2. The summed E-state index contributed by atoms with van der Waals surface area (Å²) in [5, 5.41) is 23.0. The summed E-state index contributed by atoms with van der Waals surface area (Å²) in [6.45, 7) is 0.682. The van der Waals surface area contributed by atoms with E-state index in [0.717, 1.165) is 0 Å². The van der Waals surface area contributed by atoms with Crippen molar-refractivity contribution in [1.82, 2.24) is 5.32 Å². The number of amides is 1. The van der Waals surface area contributed by atoms with Crippen LogP contribution in [0.15, 0.2) is 36.0 Å². The maximum atomic E-state index is 11.7. The Kier molecular flexibility index (Phi) is 7.16. The van der Waals surface area contributed by atoms with Crippen molar-refractivity contribution in [2.45, 2.75) is 6.42 Å². The van der Waals surface area contributed by atoms with E-state index in [0.29, 0.717) is 24.4 Å². The number of ether oxygens (including phenoxy) is 1. The van der Waals surface area contributed by atoms with E-state index in [9.17, 15) is 9.59 Å². The molecule has 1 aromatic carbocycles. The molecule has 0 aliphatic heterocycles. The number of aliphatic carboxylic acids is 1. The monoisotopic (exact) mass is 303 g/mol. The number of benzene rings is 1. The quantitative estimate of drug-likeness (QED) is 0.374. The number of rotatable bonds is 8. The van der Waals surface area contributed by atoms with Gasteiger partial charge in [-0.05, 0) is 17.7 Å². The van der Waals surface area contributed by atoms with Crippen molar-refractivity contribution in [3.8, 4) is 6.07 Å². The predicted octanol–water partition coefficient (Wildman–Crippen LogP) is 0.896. The zero-order valence-corrected chi connectivity index (χ0v) is 12.1. The molecule has 0 aliphatic rings. The molecule has 3 N–H and O–H groups in total. The van der Waals surface area contributed by atoms with Crippen molar-refractivity contribution in [2.24, 2.45) is 0 Å². The molecule has 0 bridgehead atoms. The van der Waals surface area contributed by atoms with Crippen molar-refractivity contribution < 1.29 is 19.4 Å². The molecule has 1 amide bonds. The number of carbonyl (C=O) groups excluding carboxylic acids is 1. The molecule has 7 nitrogen and oxygen atoms in total. The summed E-state index contributed by atoms with van der Waals surface area (Å²) in [5.41, 5.74) is 1.25. The first-order valence-corrected chi connectivity index (χ1v) is 6.51. The van der Waals surface area contributed by atoms with Crippen molar-refractivity contribution in [2.75, 3.05) is 25.6 Å². The highest BCUT2D eigenvalue weighted by atomic mass is 16.5. The first-order chi connectivity index (χ1) is 10.6. The lowest BCUT2D eigenvalue weighted by Gasteiger charge is -2.05. The largest absolute Gasteiger partial charge is 0.481 e. The molecule has 0 atom stereocenters. The Morgan fingerprint density at radius 1 is 1.36 bits per heavy atom. The third kappa shape index (κ3) is 6.07. The van der Waals surface area contributed by atoms with Gasteiger partial charge in [0.1, 0.15) is 11.6 Å². The predicted molar refractivity (Wildman–Crippen MR) is 80.0 cm³/mol. The van der Waals surface area contributed by atoms with Crippen LogP contribution in [0.4, 0.5) is 5.69 Å². The lowest BCUT2D eigenvalue weighted by atomic mass is 10.1. The van der Waals surface area contributed by atoms with Gasteiger partial charge in [-0.25, -0.2) is 0 Å². The number of carboxylic acid groups (broad SMARTS) is 1. The summed E-state index contributed by atoms with van der Waals surface area (Å²) in [4.78, 5) is 22.3. The minimum atomic E-state index is -0.903. The standard InChI is InChI=1S/C15H17N3O4/c1-22-7-6-17-15(21)12(9-16)10-18-13-4-2-11(3-5-13)8-14(19)20/h2-5,10,18H,6-8H2,1H3,(H,17,21)(H,19,20)/b12-10-. The number of nitrogens with one attached hydrogen (secondary N) is 2. The molecule has 0 saturated carbocycles. The Hall–Kier alpha value is -2.85. The summed E-state index contributed by atoms with van der Waals surface area (Å²) in [5.74, 6) is -1.39. The molecule has 0 unspecified atom stereocenters. The molecule has 1 rings (SSSR count). The molecule has 7 heteroatoms. The van der Waals surface area contributed by atoms with Crippen LogP contribution in [0.1, 0.15) is 5.56 Å². The molecule has 0 heterocycles. The Morgan fingerprint density at radius 2 is 2.05 bits per heavy atom. The first-order valence-electron chi connectivity index (χ1n) is 6.51. The minimum absolute atomic E-state index is 0.0541. The summed E-state index contributed by atoms with van der Waals surface area (Å²) in [6.07, 6.45) is 1.25. The lowest BCUT2D eigenvalue weighted by Crippen LogP contribution is -2.28. The third-order valence-corrected chi connectivity index (χ3v) is 2.65. The highest BCUT2D eigenvalue weighted by Gasteiger charge is 2.07. The molecule has 1 aromatic rings. The lowest BCUT2D eigenvalue weighted by molar-refractivity contribution is -0.136. The smallest absolute Gasteiger partial charge is 0.307 e. The molecular formula is C15H17N3O4. The van der Waals surface area contributed by atoms with E-state index in [4.69, 9.17) is 15.1 Å². The van der Waals surface area contributed by atoms with E-state index in [1.54, 1.807) is 30.3 Å². The number of carbonyl (C=O) groups is 2. The van der Waals surface area contributed by atoms with Gasteiger partial charge in [0.05, 0.1) is 13.0 Å². The Morgan fingerprint density at radius 3 is 2.59 bits per heavy atom. The number of nitriles is 1. The number of anilines is 1. The summed E-state index contributed by atoms with van der Waals surface area (Å²) < 4.78 is 4.80. The van der Waals surface area contributed by atoms with E-state index < -0.39 is 11.9 Å². The van der Waals surface area contributed by atoms with E-state index in [1.165, 1.54) is 13.3 Å². The molecule has 0 saturated heterocycles. The number of methoxy groups -OCH3 is 1. The molecule has 0 aliphatic carbocycles. The van der Waals surface area contributed by atoms with E-state index in [-0.39, 0.29) is 12.0 Å². The Labute approximate surface area is 128 Å². The van der Waals surface area contributed by atoms with Crippen molar-refractivity contribution in [1.29, 1.82) is 5.26 Å². The summed E-state index contributed by atoms with van der Waals surface area (Å²) in [7, 11) is 1.52. The van der Waals surface area contributed by atoms with Crippen LogP contribution in [0.25, 0.3) is 0 Å². The highest BCUT2D eigenvalue weighted by molar-refractivity contribution is 5.97. The Balaban J connectivity index is 2.62. The van der Waals surface area contributed by atoms with E-state index in [1.807, 2.05) is 0 Å². The second-order valence-corrected chi connectivity index (χ2v) is 4.33. The van der Waals surface area contributed by atoms with Crippen LogP contribution < -0.4 is 10.6 Å². The van der Waals surface area contributed by atoms with Crippen LogP contribution in [0.3, 0.4) is 0 Å². The normalized spacial score (nSPS) is 10.6. The van der Waals surface area contributed by atoms with Gasteiger partial charge in [-0.15, -0.1) is 0 Å². The second-order valence-electron chi connectivity index (χ2n) is 4.33. The van der Waals surface area contributed by atoms with E-state index in [2.05, 4.69) is 10.6 Å².